The number of likely N-dealkylation sites (tertiary alicyclic amines) is 2. The van der Waals surface area contributed by atoms with Gasteiger partial charge in [-0.15, -0.1) is 0 Å². The van der Waals surface area contributed by atoms with Crippen molar-refractivity contribution in [3.05, 3.63) is 47.3 Å². The zero-order chi connectivity index (χ0) is 19.7. The number of methoxy groups -OCH3 is 1. The third-order valence-electron chi connectivity index (χ3n) is 5.79. The molecule has 0 bridgehead atoms. The molecule has 7 nitrogen and oxygen atoms in total. The first-order valence-corrected chi connectivity index (χ1v) is 9.75. The largest absolute Gasteiger partial charge is 0.375 e. The molecular formula is C20H26FN5O2. The summed E-state index contributed by atoms with van der Waals surface area (Å²) in [5, 5.41) is 7.22. The Bertz CT molecular complexity index is 842. The fourth-order valence-electron chi connectivity index (χ4n) is 4.62. The van der Waals surface area contributed by atoms with E-state index in [0.29, 0.717) is 19.0 Å². The SMILES string of the molecule is CCc1n[nH]c(CN2C[C@@H]3CN(C(=O)COC)[C@@H](c4cccc(F)c4)[C@@H]3C2)n1. The van der Waals surface area contributed by atoms with Crippen LogP contribution in [0.4, 0.5) is 4.39 Å². The molecule has 1 aromatic heterocycles. The van der Waals surface area contributed by atoms with Gasteiger partial charge in [0.15, 0.2) is 0 Å². The fourth-order valence-corrected chi connectivity index (χ4v) is 4.62. The summed E-state index contributed by atoms with van der Waals surface area (Å²) >= 11 is 0. The van der Waals surface area contributed by atoms with Gasteiger partial charge in [0.1, 0.15) is 24.1 Å². The average molecular weight is 387 g/mol. The lowest BCUT2D eigenvalue weighted by atomic mass is 9.89. The maximum absolute atomic E-state index is 13.9. The van der Waals surface area contributed by atoms with Gasteiger partial charge in [-0.05, 0) is 23.6 Å². The van der Waals surface area contributed by atoms with Gasteiger partial charge in [-0.1, -0.05) is 19.1 Å². The predicted octanol–water partition coefficient (Wildman–Crippen LogP) is 1.78. The molecule has 8 heteroatoms. The molecule has 4 rings (SSSR count). The molecule has 2 aliphatic heterocycles. The van der Waals surface area contributed by atoms with E-state index in [1.807, 2.05) is 17.9 Å². The van der Waals surface area contributed by atoms with E-state index >= 15 is 0 Å². The summed E-state index contributed by atoms with van der Waals surface area (Å²) in [6.45, 7) is 5.18. The number of H-pyrrole nitrogens is 1. The third kappa shape index (κ3) is 3.66. The number of carbonyl (C=O) groups excluding carboxylic acids is 1. The van der Waals surface area contributed by atoms with Crippen LogP contribution in [0.3, 0.4) is 0 Å². The summed E-state index contributed by atoms with van der Waals surface area (Å²) in [6, 6.07) is 6.48. The number of hydrogen-bond acceptors (Lipinski definition) is 5. The number of carbonyl (C=O) groups is 1. The molecule has 2 fully saturated rings. The Kier molecular flexibility index (Phi) is 5.41. The number of benzene rings is 1. The van der Waals surface area contributed by atoms with Crippen molar-refractivity contribution in [1.82, 2.24) is 25.0 Å². The summed E-state index contributed by atoms with van der Waals surface area (Å²) in [5.74, 6) is 1.98. The van der Waals surface area contributed by atoms with Crippen LogP contribution < -0.4 is 0 Å². The molecule has 150 valence electrons. The molecule has 3 atom stereocenters. The minimum absolute atomic E-state index is 0.0412. The van der Waals surface area contributed by atoms with E-state index in [0.717, 1.165) is 36.7 Å². The minimum Gasteiger partial charge on any atom is -0.375 e. The smallest absolute Gasteiger partial charge is 0.249 e. The Hall–Kier alpha value is -2.32. The van der Waals surface area contributed by atoms with Crippen LogP contribution in [0.25, 0.3) is 0 Å². The number of aryl methyl sites for hydroxylation is 1. The number of nitrogens with one attached hydrogen (secondary N) is 1. The van der Waals surface area contributed by atoms with Crippen molar-refractivity contribution in [2.24, 2.45) is 11.8 Å². The molecule has 0 radical (unpaired) electrons. The number of aromatic nitrogens is 3. The quantitative estimate of drug-likeness (QED) is 0.818. The van der Waals surface area contributed by atoms with Crippen LogP contribution in [-0.2, 0) is 22.5 Å². The number of amides is 1. The van der Waals surface area contributed by atoms with Crippen LogP contribution >= 0.6 is 0 Å². The van der Waals surface area contributed by atoms with Crippen LogP contribution in [0.15, 0.2) is 24.3 Å². The van der Waals surface area contributed by atoms with Crippen LogP contribution in [0, 0.1) is 17.7 Å². The Morgan fingerprint density at radius 3 is 2.93 bits per heavy atom. The van der Waals surface area contributed by atoms with E-state index in [4.69, 9.17) is 4.74 Å². The van der Waals surface area contributed by atoms with E-state index in [1.165, 1.54) is 13.2 Å². The lowest BCUT2D eigenvalue weighted by Gasteiger charge is -2.29. The Morgan fingerprint density at radius 1 is 1.36 bits per heavy atom. The summed E-state index contributed by atoms with van der Waals surface area (Å²) in [5.41, 5.74) is 0.853. The molecule has 28 heavy (non-hydrogen) atoms. The first-order chi connectivity index (χ1) is 13.6. The van der Waals surface area contributed by atoms with E-state index in [1.54, 1.807) is 12.1 Å². The zero-order valence-electron chi connectivity index (χ0n) is 16.3. The summed E-state index contributed by atoms with van der Waals surface area (Å²) in [6.07, 6.45) is 0.806. The molecule has 1 aromatic carbocycles. The van der Waals surface area contributed by atoms with Crippen molar-refractivity contribution in [3.63, 3.8) is 0 Å². The molecule has 3 heterocycles. The lowest BCUT2D eigenvalue weighted by Crippen LogP contribution is -2.37. The van der Waals surface area contributed by atoms with E-state index in [2.05, 4.69) is 20.1 Å². The first-order valence-electron chi connectivity index (χ1n) is 9.75. The summed E-state index contributed by atoms with van der Waals surface area (Å²) < 4.78 is 18.9. The Morgan fingerprint density at radius 2 is 2.21 bits per heavy atom. The van der Waals surface area contributed by atoms with Crippen molar-refractivity contribution >= 4 is 5.91 Å². The molecule has 0 unspecified atom stereocenters. The second kappa shape index (κ2) is 7.97. The second-order valence-electron chi connectivity index (χ2n) is 7.65. The van der Waals surface area contributed by atoms with Crippen molar-refractivity contribution in [3.8, 4) is 0 Å². The molecule has 2 saturated heterocycles. The third-order valence-corrected chi connectivity index (χ3v) is 5.79. The highest BCUT2D eigenvalue weighted by Gasteiger charge is 2.49. The minimum atomic E-state index is -0.274. The fraction of sp³-hybridized carbons (Fsp3) is 0.550. The van der Waals surface area contributed by atoms with Gasteiger partial charge in [0.05, 0.1) is 12.6 Å². The monoisotopic (exact) mass is 387 g/mol. The molecule has 1 amide bonds. The van der Waals surface area contributed by atoms with Crippen molar-refractivity contribution < 1.29 is 13.9 Å². The lowest BCUT2D eigenvalue weighted by molar-refractivity contribution is -0.136. The topological polar surface area (TPSA) is 74.4 Å². The van der Waals surface area contributed by atoms with Gasteiger partial charge < -0.3 is 9.64 Å². The van der Waals surface area contributed by atoms with Gasteiger partial charge in [0.2, 0.25) is 5.91 Å². The summed E-state index contributed by atoms with van der Waals surface area (Å²) in [7, 11) is 1.52. The highest BCUT2D eigenvalue weighted by atomic mass is 19.1. The van der Waals surface area contributed by atoms with Gasteiger partial charge in [-0.3, -0.25) is 14.8 Å². The highest BCUT2D eigenvalue weighted by molar-refractivity contribution is 5.78. The first kappa shape index (κ1) is 19.0. The molecular weight excluding hydrogens is 361 g/mol. The van der Waals surface area contributed by atoms with E-state index < -0.39 is 0 Å². The van der Waals surface area contributed by atoms with Gasteiger partial charge in [-0.25, -0.2) is 9.37 Å². The van der Waals surface area contributed by atoms with Crippen molar-refractivity contribution in [2.75, 3.05) is 33.4 Å². The molecule has 0 aliphatic carbocycles. The van der Waals surface area contributed by atoms with Gasteiger partial charge >= 0.3 is 0 Å². The molecule has 2 aliphatic rings. The highest BCUT2D eigenvalue weighted by Crippen LogP contribution is 2.45. The van der Waals surface area contributed by atoms with Crippen LogP contribution in [-0.4, -0.2) is 64.2 Å². The number of aromatic amines is 1. The average Bonchev–Trinajstić information content (AvgIpc) is 3.36. The number of halogens is 1. The molecule has 1 N–H and O–H groups in total. The maximum Gasteiger partial charge on any atom is 0.249 e. The molecule has 0 saturated carbocycles. The van der Waals surface area contributed by atoms with Gasteiger partial charge in [0, 0.05) is 39.1 Å². The number of ether oxygens (including phenoxy) is 1. The Labute approximate surface area is 163 Å². The normalized spacial score (nSPS) is 24.7. The number of rotatable bonds is 6. The van der Waals surface area contributed by atoms with Crippen molar-refractivity contribution in [1.29, 1.82) is 0 Å². The van der Waals surface area contributed by atoms with E-state index in [-0.39, 0.29) is 30.3 Å². The predicted molar refractivity (Wildman–Crippen MR) is 101 cm³/mol. The summed E-state index contributed by atoms with van der Waals surface area (Å²) in [4.78, 5) is 21.3. The van der Waals surface area contributed by atoms with Gasteiger partial charge in [-0.2, -0.15) is 5.10 Å². The number of fused-ring (bicyclic) bond motifs is 1. The zero-order valence-corrected chi connectivity index (χ0v) is 16.3. The molecule has 0 spiro atoms. The van der Waals surface area contributed by atoms with Crippen molar-refractivity contribution in [2.45, 2.75) is 25.9 Å². The standard InChI is InChI=1S/C20H26FN5O2/c1-3-17-22-18(24-23-17)11-25-8-14-9-26(19(27)12-28-2)20(16(14)10-25)13-5-4-6-15(21)7-13/h4-7,14,16,20H,3,8-12H2,1-2H3,(H,22,23,24)/t14-,16-,20+/m1/s1. The van der Waals surface area contributed by atoms with Gasteiger partial charge in [0.25, 0.3) is 0 Å². The second-order valence-corrected chi connectivity index (χ2v) is 7.65. The number of nitrogens with zero attached hydrogens (tertiary/aromatic N) is 4. The van der Waals surface area contributed by atoms with Crippen LogP contribution in [0.2, 0.25) is 0 Å². The maximum atomic E-state index is 13.9. The van der Waals surface area contributed by atoms with Crippen LogP contribution in [0.1, 0.15) is 30.2 Å². The van der Waals surface area contributed by atoms with E-state index in [9.17, 15) is 9.18 Å². The molecule has 2 aromatic rings. The van der Waals surface area contributed by atoms with Crippen LogP contribution in [0.5, 0.6) is 0 Å². The Balaban J connectivity index is 1.53. The number of hydrogen-bond donors (Lipinski definition) is 1.